The first-order valence-corrected chi connectivity index (χ1v) is 6.94. The summed E-state index contributed by atoms with van der Waals surface area (Å²) in [4.78, 5) is 14.1. The van der Waals surface area contributed by atoms with Crippen LogP contribution in [-0.4, -0.2) is 50.6 Å². The SMILES string of the molecule is CNC(=O)C1CCN(CC2CCNCC2)CC1.Cl. The average Bonchev–Trinajstić information content (AvgIpc) is 2.40. The Morgan fingerprint density at radius 2 is 1.83 bits per heavy atom. The third-order valence-electron chi connectivity index (χ3n) is 4.18. The molecule has 1 amide bonds. The Labute approximate surface area is 116 Å². The fraction of sp³-hybridized carbons (Fsp3) is 0.923. The van der Waals surface area contributed by atoms with Crippen molar-refractivity contribution in [2.45, 2.75) is 25.7 Å². The number of halogens is 1. The Hall–Kier alpha value is -0.320. The maximum absolute atomic E-state index is 11.5. The third-order valence-corrected chi connectivity index (χ3v) is 4.18. The molecule has 4 nitrogen and oxygen atoms in total. The zero-order valence-electron chi connectivity index (χ0n) is 11.3. The molecule has 0 spiro atoms. The zero-order chi connectivity index (χ0) is 12.1. The highest BCUT2D eigenvalue weighted by Crippen LogP contribution is 2.20. The fourth-order valence-corrected chi connectivity index (χ4v) is 3.01. The predicted octanol–water partition coefficient (Wildman–Crippen LogP) is 0.866. The standard InChI is InChI=1S/C13H25N3O.ClH/c1-14-13(17)12-4-8-16(9-5-12)10-11-2-6-15-7-3-11;/h11-12,15H,2-10H2,1H3,(H,14,17);1H. The summed E-state index contributed by atoms with van der Waals surface area (Å²) in [5.74, 6) is 1.35. The van der Waals surface area contributed by atoms with Crippen LogP contribution >= 0.6 is 12.4 Å². The molecule has 0 aromatic heterocycles. The van der Waals surface area contributed by atoms with E-state index in [0.29, 0.717) is 0 Å². The Bertz CT molecular complexity index is 249. The van der Waals surface area contributed by atoms with E-state index in [0.717, 1.165) is 31.8 Å². The number of carbonyl (C=O) groups excluding carboxylic acids is 1. The minimum absolute atomic E-state index is 0. The van der Waals surface area contributed by atoms with Gasteiger partial charge in [0, 0.05) is 19.5 Å². The van der Waals surface area contributed by atoms with Crippen molar-refractivity contribution in [1.82, 2.24) is 15.5 Å². The van der Waals surface area contributed by atoms with Gasteiger partial charge in [-0.1, -0.05) is 0 Å². The van der Waals surface area contributed by atoms with E-state index in [4.69, 9.17) is 0 Å². The quantitative estimate of drug-likeness (QED) is 0.803. The summed E-state index contributed by atoms with van der Waals surface area (Å²) in [6.07, 6.45) is 4.69. The van der Waals surface area contributed by atoms with Gasteiger partial charge in [0.05, 0.1) is 0 Å². The summed E-state index contributed by atoms with van der Waals surface area (Å²) >= 11 is 0. The lowest BCUT2D eigenvalue weighted by Gasteiger charge is -2.34. The molecule has 2 aliphatic rings. The van der Waals surface area contributed by atoms with Crippen LogP contribution in [0.15, 0.2) is 0 Å². The van der Waals surface area contributed by atoms with Crippen LogP contribution in [0, 0.1) is 11.8 Å². The van der Waals surface area contributed by atoms with E-state index >= 15 is 0 Å². The number of carbonyl (C=O) groups is 1. The van der Waals surface area contributed by atoms with E-state index < -0.39 is 0 Å². The molecule has 2 fully saturated rings. The molecule has 0 bridgehead atoms. The largest absolute Gasteiger partial charge is 0.359 e. The second-order valence-electron chi connectivity index (χ2n) is 5.38. The van der Waals surface area contributed by atoms with Crippen molar-refractivity contribution in [3.8, 4) is 0 Å². The number of amides is 1. The number of rotatable bonds is 3. The van der Waals surface area contributed by atoms with E-state index in [1.165, 1.54) is 32.5 Å². The van der Waals surface area contributed by atoms with Gasteiger partial charge in [-0.15, -0.1) is 12.4 Å². The van der Waals surface area contributed by atoms with Gasteiger partial charge in [0.1, 0.15) is 0 Å². The van der Waals surface area contributed by atoms with Crippen molar-refractivity contribution in [3.63, 3.8) is 0 Å². The Balaban J connectivity index is 0.00000162. The predicted molar refractivity (Wildman–Crippen MR) is 76.1 cm³/mol. The van der Waals surface area contributed by atoms with Crippen LogP contribution in [0.4, 0.5) is 0 Å². The molecule has 106 valence electrons. The Kier molecular flexibility index (Phi) is 6.97. The maximum atomic E-state index is 11.5. The second-order valence-corrected chi connectivity index (χ2v) is 5.38. The summed E-state index contributed by atoms with van der Waals surface area (Å²) in [6, 6.07) is 0. The first-order chi connectivity index (χ1) is 8.29. The van der Waals surface area contributed by atoms with Crippen molar-refractivity contribution < 1.29 is 4.79 Å². The number of piperidine rings is 2. The molecule has 0 aromatic rings. The van der Waals surface area contributed by atoms with Gasteiger partial charge in [-0.05, 0) is 57.8 Å². The van der Waals surface area contributed by atoms with Crippen LogP contribution in [-0.2, 0) is 4.79 Å². The summed E-state index contributed by atoms with van der Waals surface area (Å²) < 4.78 is 0. The van der Waals surface area contributed by atoms with Crippen LogP contribution in [0.3, 0.4) is 0 Å². The van der Waals surface area contributed by atoms with E-state index in [-0.39, 0.29) is 24.2 Å². The maximum Gasteiger partial charge on any atom is 0.222 e. The van der Waals surface area contributed by atoms with E-state index in [9.17, 15) is 4.79 Å². The first-order valence-electron chi connectivity index (χ1n) is 6.94. The lowest BCUT2D eigenvalue weighted by atomic mass is 9.93. The number of nitrogens with zero attached hydrogens (tertiary/aromatic N) is 1. The second kappa shape index (κ2) is 7.97. The molecule has 0 aliphatic carbocycles. The molecule has 0 saturated carbocycles. The highest BCUT2D eigenvalue weighted by Gasteiger charge is 2.25. The summed E-state index contributed by atoms with van der Waals surface area (Å²) in [6.45, 7) is 5.80. The van der Waals surface area contributed by atoms with Crippen LogP contribution in [0.5, 0.6) is 0 Å². The first kappa shape index (κ1) is 15.7. The van der Waals surface area contributed by atoms with Crippen LogP contribution in [0.25, 0.3) is 0 Å². The molecule has 0 unspecified atom stereocenters. The van der Waals surface area contributed by atoms with Gasteiger partial charge in [0.25, 0.3) is 0 Å². The van der Waals surface area contributed by atoms with Crippen LogP contribution in [0.2, 0.25) is 0 Å². The van der Waals surface area contributed by atoms with Gasteiger partial charge in [-0.2, -0.15) is 0 Å². The van der Waals surface area contributed by atoms with Gasteiger partial charge in [-0.3, -0.25) is 4.79 Å². The van der Waals surface area contributed by atoms with Gasteiger partial charge >= 0.3 is 0 Å². The van der Waals surface area contributed by atoms with Crippen LogP contribution in [0.1, 0.15) is 25.7 Å². The molecule has 2 rings (SSSR count). The molecule has 2 saturated heterocycles. The summed E-state index contributed by atoms with van der Waals surface area (Å²) in [5, 5.41) is 6.18. The van der Waals surface area contributed by atoms with E-state index in [2.05, 4.69) is 15.5 Å². The molecule has 0 radical (unpaired) electrons. The molecule has 0 atom stereocenters. The number of likely N-dealkylation sites (tertiary alicyclic amines) is 1. The lowest BCUT2D eigenvalue weighted by molar-refractivity contribution is -0.125. The average molecular weight is 276 g/mol. The van der Waals surface area contributed by atoms with Crippen molar-refractivity contribution in [1.29, 1.82) is 0 Å². The summed E-state index contributed by atoms with van der Waals surface area (Å²) in [5.41, 5.74) is 0. The van der Waals surface area contributed by atoms with Crippen molar-refractivity contribution >= 4 is 18.3 Å². The third kappa shape index (κ3) is 4.41. The van der Waals surface area contributed by atoms with Crippen molar-refractivity contribution in [3.05, 3.63) is 0 Å². The van der Waals surface area contributed by atoms with Gasteiger partial charge in [0.15, 0.2) is 0 Å². The van der Waals surface area contributed by atoms with Crippen molar-refractivity contribution in [2.75, 3.05) is 39.8 Å². The Morgan fingerprint density at radius 1 is 1.22 bits per heavy atom. The minimum atomic E-state index is 0. The molecule has 0 aromatic carbocycles. The van der Waals surface area contributed by atoms with Gasteiger partial charge in [0.2, 0.25) is 5.91 Å². The number of hydrogen-bond acceptors (Lipinski definition) is 3. The fourth-order valence-electron chi connectivity index (χ4n) is 3.01. The molecular formula is C13H26ClN3O. The van der Waals surface area contributed by atoms with Crippen molar-refractivity contribution in [2.24, 2.45) is 11.8 Å². The highest BCUT2D eigenvalue weighted by molar-refractivity contribution is 5.85. The van der Waals surface area contributed by atoms with E-state index in [1.54, 1.807) is 7.05 Å². The molecular weight excluding hydrogens is 250 g/mol. The van der Waals surface area contributed by atoms with Crippen LogP contribution < -0.4 is 10.6 Å². The van der Waals surface area contributed by atoms with Gasteiger partial charge in [-0.25, -0.2) is 0 Å². The highest BCUT2D eigenvalue weighted by atomic mass is 35.5. The number of nitrogens with one attached hydrogen (secondary N) is 2. The normalized spacial score (nSPS) is 23.4. The lowest BCUT2D eigenvalue weighted by Crippen LogP contribution is -2.43. The Morgan fingerprint density at radius 3 is 2.39 bits per heavy atom. The molecule has 2 N–H and O–H groups in total. The van der Waals surface area contributed by atoms with Gasteiger partial charge < -0.3 is 15.5 Å². The molecule has 5 heteroatoms. The number of hydrogen-bond donors (Lipinski definition) is 2. The zero-order valence-corrected chi connectivity index (χ0v) is 12.1. The molecule has 2 heterocycles. The van der Waals surface area contributed by atoms with E-state index in [1.807, 2.05) is 0 Å². The topological polar surface area (TPSA) is 44.4 Å². The minimum Gasteiger partial charge on any atom is -0.359 e. The monoisotopic (exact) mass is 275 g/mol. The molecule has 2 aliphatic heterocycles. The molecule has 18 heavy (non-hydrogen) atoms. The summed E-state index contributed by atoms with van der Waals surface area (Å²) in [7, 11) is 1.74. The smallest absolute Gasteiger partial charge is 0.222 e.